The van der Waals surface area contributed by atoms with Crippen LogP contribution < -0.4 is 11.5 Å². The monoisotopic (exact) mass is 323 g/mol. The number of hydrogen-bond donors (Lipinski definition) is 2. The van der Waals surface area contributed by atoms with E-state index in [-0.39, 0.29) is 17.0 Å². The lowest BCUT2D eigenvalue weighted by molar-refractivity contribution is -0.387. The summed E-state index contributed by atoms with van der Waals surface area (Å²) in [4.78, 5) is 22.5. The summed E-state index contributed by atoms with van der Waals surface area (Å²) in [5.74, 6) is -0.518. The lowest BCUT2D eigenvalue weighted by Crippen LogP contribution is -2.20. The predicted molar refractivity (Wildman–Crippen MR) is 86.6 cm³/mol. The van der Waals surface area contributed by atoms with E-state index in [1.807, 2.05) is 0 Å². The van der Waals surface area contributed by atoms with Gasteiger partial charge in [-0.2, -0.15) is 0 Å². The number of primary amides is 1. The average Bonchev–Trinajstić information content (AvgIpc) is 2.47. The van der Waals surface area contributed by atoms with Crippen LogP contribution >= 0.6 is 11.8 Å². The molecule has 0 spiro atoms. The van der Waals surface area contributed by atoms with E-state index in [1.54, 1.807) is 23.9 Å². The van der Waals surface area contributed by atoms with Gasteiger partial charge in [-0.3, -0.25) is 14.9 Å². The van der Waals surface area contributed by atoms with Gasteiger partial charge in [-0.15, -0.1) is 11.8 Å². The van der Waals surface area contributed by atoms with Crippen LogP contribution in [0.5, 0.6) is 0 Å². The van der Waals surface area contributed by atoms with Crippen LogP contribution in [0.25, 0.3) is 0 Å². The fraction of sp³-hybridized carbons (Fsp3) is 0.533. The molecule has 6 nitrogen and oxygen atoms in total. The zero-order chi connectivity index (χ0) is 16.1. The van der Waals surface area contributed by atoms with E-state index >= 15 is 0 Å². The molecule has 1 aliphatic rings. The number of nitrogens with two attached hydrogens (primary N) is 2. The zero-order valence-electron chi connectivity index (χ0n) is 12.4. The molecule has 0 heterocycles. The molecule has 7 heteroatoms. The Labute approximate surface area is 133 Å². The molecule has 0 radical (unpaired) electrons. The Morgan fingerprint density at radius 3 is 2.64 bits per heavy atom. The fourth-order valence-electron chi connectivity index (χ4n) is 2.70. The number of carbonyl (C=O) groups excluding carboxylic acids is 1. The topological polar surface area (TPSA) is 112 Å². The highest BCUT2D eigenvalue weighted by molar-refractivity contribution is 8.00. The molecule has 120 valence electrons. The lowest BCUT2D eigenvalue weighted by Gasteiger charge is -2.21. The van der Waals surface area contributed by atoms with Crippen molar-refractivity contribution in [2.75, 3.05) is 0 Å². The van der Waals surface area contributed by atoms with Gasteiger partial charge in [0.15, 0.2) is 0 Å². The summed E-state index contributed by atoms with van der Waals surface area (Å²) in [6.07, 6.45) is 5.81. The van der Waals surface area contributed by atoms with Gasteiger partial charge in [0.1, 0.15) is 0 Å². The van der Waals surface area contributed by atoms with Crippen LogP contribution in [0.1, 0.15) is 50.1 Å². The van der Waals surface area contributed by atoms with Crippen molar-refractivity contribution in [1.29, 1.82) is 0 Å². The minimum Gasteiger partial charge on any atom is -0.370 e. The van der Waals surface area contributed by atoms with Crippen molar-refractivity contribution in [3.05, 3.63) is 33.9 Å². The Morgan fingerprint density at radius 2 is 2.05 bits per heavy atom. The molecule has 0 aliphatic heterocycles. The molecule has 1 saturated carbocycles. The number of nitrogens with zero attached hydrogens (tertiary/aromatic N) is 1. The maximum Gasteiger partial charge on any atom is 0.283 e. The first-order chi connectivity index (χ1) is 10.5. The molecule has 0 saturated heterocycles. The van der Waals surface area contributed by atoms with Crippen LogP contribution in [0.3, 0.4) is 0 Å². The van der Waals surface area contributed by atoms with Gasteiger partial charge >= 0.3 is 0 Å². The van der Waals surface area contributed by atoms with Crippen LogP contribution in [-0.2, 0) is 4.79 Å². The second-order valence-corrected chi connectivity index (χ2v) is 6.98. The smallest absolute Gasteiger partial charge is 0.283 e. The van der Waals surface area contributed by atoms with E-state index in [4.69, 9.17) is 11.5 Å². The van der Waals surface area contributed by atoms with Crippen molar-refractivity contribution in [2.24, 2.45) is 11.5 Å². The highest BCUT2D eigenvalue weighted by Crippen LogP contribution is 2.39. The molecule has 1 fully saturated rings. The first-order valence-electron chi connectivity index (χ1n) is 7.46. The third kappa shape index (κ3) is 4.45. The molecule has 4 N–H and O–H groups in total. The van der Waals surface area contributed by atoms with Gasteiger partial charge in [0.25, 0.3) is 5.69 Å². The molecule has 0 aromatic heterocycles. The van der Waals surface area contributed by atoms with Gasteiger partial charge in [0, 0.05) is 23.8 Å². The summed E-state index contributed by atoms with van der Waals surface area (Å²) in [5.41, 5.74) is 11.6. The van der Waals surface area contributed by atoms with Gasteiger partial charge in [0.05, 0.1) is 9.82 Å². The van der Waals surface area contributed by atoms with Crippen molar-refractivity contribution in [1.82, 2.24) is 0 Å². The van der Waals surface area contributed by atoms with E-state index in [0.717, 1.165) is 12.8 Å². The standard InChI is InChI=1S/C15H21N3O3S/c16-12(9-15(17)19)10-6-7-14(13(8-10)18(20)21)22-11-4-2-1-3-5-11/h6-8,11-12H,1-5,9,16H2,(H2,17,19). The van der Waals surface area contributed by atoms with Crippen molar-refractivity contribution in [3.8, 4) is 0 Å². The van der Waals surface area contributed by atoms with Gasteiger partial charge in [0.2, 0.25) is 5.91 Å². The van der Waals surface area contributed by atoms with Gasteiger partial charge in [-0.25, -0.2) is 0 Å². The van der Waals surface area contributed by atoms with Gasteiger partial charge < -0.3 is 11.5 Å². The Balaban J connectivity index is 2.19. The van der Waals surface area contributed by atoms with Gasteiger partial charge in [-0.1, -0.05) is 25.3 Å². The Hall–Kier alpha value is -1.60. The van der Waals surface area contributed by atoms with E-state index in [2.05, 4.69) is 0 Å². The summed E-state index contributed by atoms with van der Waals surface area (Å²) in [6, 6.07) is 4.36. The molecule has 1 aromatic rings. The quantitative estimate of drug-likeness (QED) is 0.617. The van der Waals surface area contributed by atoms with Crippen molar-refractivity contribution < 1.29 is 9.72 Å². The molecular weight excluding hydrogens is 302 g/mol. The summed E-state index contributed by atoms with van der Waals surface area (Å²) in [7, 11) is 0. The largest absolute Gasteiger partial charge is 0.370 e. The van der Waals surface area contributed by atoms with Crippen molar-refractivity contribution >= 4 is 23.4 Å². The van der Waals surface area contributed by atoms with Gasteiger partial charge in [-0.05, 0) is 24.5 Å². The van der Waals surface area contributed by atoms with Crippen LogP contribution in [0.15, 0.2) is 23.1 Å². The average molecular weight is 323 g/mol. The molecule has 22 heavy (non-hydrogen) atoms. The molecule has 1 amide bonds. The second-order valence-electron chi connectivity index (χ2n) is 5.64. The summed E-state index contributed by atoms with van der Waals surface area (Å²) >= 11 is 1.58. The van der Waals surface area contributed by atoms with Crippen LogP contribution in [0, 0.1) is 10.1 Å². The maximum absolute atomic E-state index is 11.3. The summed E-state index contributed by atoms with van der Waals surface area (Å²) < 4.78 is 0. The molecule has 0 bridgehead atoms. The lowest BCUT2D eigenvalue weighted by atomic mass is 10.0. The third-order valence-corrected chi connectivity index (χ3v) is 5.28. The minimum atomic E-state index is -0.607. The van der Waals surface area contributed by atoms with Crippen LogP contribution in [0.2, 0.25) is 0 Å². The number of carbonyl (C=O) groups is 1. The second kappa shape index (κ2) is 7.60. The number of amides is 1. The highest BCUT2D eigenvalue weighted by Gasteiger charge is 2.22. The van der Waals surface area contributed by atoms with Crippen LogP contribution in [-0.4, -0.2) is 16.1 Å². The fourth-order valence-corrected chi connectivity index (χ4v) is 4.03. The Morgan fingerprint density at radius 1 is 1.36 bits per heavy atom. The van der Waals surface area contributed by atoms with E-state index in [9.17, 15) is 14.9 Å². The molecule has 1 unspecified atom stereocenters. The minimum absolute atomic E-state index is 0.0216. The first-order valence-corrected chi connectivity index (χ1v) is 8.34. The number of nitro groups is 1. The molecule has 1 atom stereocenters. The van der Waals surface area contributed by atoms with Crippen molar-refractivity contribution in [2.45, 2.75) is 54.7 Å². The normalized spacial score (nSPS) is 17.1. The highest BCUT2D eigenvalue weighted by atomic mass is 32.2. The zero-order valence-corrected chi connectivity index (χ0v) is 13.2. The first kappa shape index (κ1) is 16.8. The maximum atomic E-state index is 11.3. The predicted octanol–water partition coefficient (Wildman–Crippen LogP) is 2.89. The van der Waals surface area contributed by atoms with Crippen LogP contribution in [0.4, 0.5) is 5.69 Å². The molecule has 1 aromatic carbocycles. The van der Waals surface area contributed by atoms with E-state index in [1.165, 1.54) is 25.3 Å². The number of thioether (sulfide) groups is 1. The summed E-state index contributed by atoms with van der Waals surface area (Å²) in [5, 5.41) is 11.8. The number of hydrogen-bond acceptors (Lipinski definition) is 5. The van der Waals surface area contributed by atoms with E-state index in [0.29, 0.717) is 15.7 Å². The molecule has 1 aliphatic carbocycles. The molecular formula is C15H21N3O3S. The number of benzene rings is 1. The SMILES string of the molecule is NC(=O)CC(N)c1ccc(SC2CCCCC2)c([N+](=O)[O-])c1. The third-order valence-electron chi connectivity index (χ3n) is 3.87. The van der Waals surface area contributed by atoms with E-state index < -0.39 is 11.9 Å². The molecule has 2 rings (SSSR count). The number of nitro benzene ring substituents is 1. The number of rotatable bonds is 6. The van der Waals surface area contributed by atoms with Crippen molar-refractivity contribution in [3.63, 3.8) is 0 Å². The Kier molecular flexibility index (Phi) is 5.79. The summed E-state index contributed by atoms with van der Waals surface area (Å²) in [6.45, 7) is 0. The Bertz CT molecular complexity index is 559.